The number of hydrogen-bond donors (Lipinski definition) is 3. The Morgan fingerprint density at radius 1 is 1.11 bits per heavy atom. The first-order chi connectivity index (χ1) is 18.0. The van der Waals surface area contributed by atoms with E-state index < -0.39 is 42.0 Å². The largest absolute Gasteiger partial charge is 0.444 e. The van der Waals surface area contributed by atoms with Crippen molar-refractivity contribution in [2.45, 2.75) is 70.3 Å². The van der Waals surface area contributed by atoms with Gasteiger partial charge in [0.15, 0.2) is 0 Å². The minimum absolute atomic E-state index is 0.238. The van der Waals surface area contributed by atoms with Crippen molar-refractivity contribution >= 4 is 29.9 Å². The SMILES string of the molecule is C=Cc1cccc(C(C(=O)NCc2ccccc2)N(C(=O)C(CC(N)=O)NC(=O)OC(C)(C)C)C2CC2)c1. The molecule has 3 rings (SSSR count). The lowest BCUT2D eigenvalue weighted by Crippen LogP contribution is -2.54. The minimum atomic E-state index is -1.30. The third-order valence-electron chi connectivity index (χ3n) is 5.89. The number of carbonyl (C=O) groups excluding carboxylic acids is 4. The molecule has 9 heteroatoms. The highest BCUT2D eigenvalue weighted by Crippen LogP contribution is 2.36. The van der Waals surface area contributed by atoms with Crippen molar-refractivity contribution in [3.63, 3.8) is 0 Å². The average Bonchev–Trinajstić information content (AvgIpc) is 3.69. The van der Waals surface area contributed by atoms with Crippen LogP contribution in [0.2, 0.25) is 0 Å². The van der Waals surface area contributed by atoms with Gasteiger partial charge in [-0.05, 0) is 56.4 Å². The third-order valence-corrected chi connectivity index (χ3v) is 5.89. The van der Waals surface area contributed by atoms with Gasteiger partial charge in [-0.25, -0.2) is 4.79 Å². The number of amides is 4. The highest BCUT2D eigenvalue weighted by atomic mass is 16.6. The van der Waals surface area contributed by atoms with Crippen LogP contribution in [-0.4, -0.2) is 46.4 Å². The number of rotatable bonds is 11. The molecule has 1 aliphatic carbocycles. The number of nitrogens with zero attached hydrogens (tertiary/aromatic N) is 1. The topological polar surface area (TPSA) is 131 Å². The van der Waals surface area contributed by atoms with E-state index in [-0.39, 0.29) is 18.5 Å². The first-order valence-corrected chi connectivity index (χ1v) is 12.6. The zero-order valence-electron chi connectivity index (χ0n) is 22.1. The Kier molecular flexibility index (Phi) is 9.28. The molecule has 9 nitrogen and oxygen atoms in total. The van der Waals surface area contributed by atoms with E-state index in [1.807, 2.05) is 36.4 Å². The molecule has 0 heterocycles. The summed E-state index contributed by atoms with van der Waals surface area (Å²) in [5, 5.41) is 5.43. The standard InChI is InChI=1S/C29H36N4O5/c1-5-19-12-9-13-21(16-19)25(26(35)31-18-20-10-7-6-8-11-20)33(22-14-15-22)27(36)23(17-24(30)34)32-28(37)38-29(2,3)4/h5-13,16,22-23,25H,1,14-15,17-18H2,2-4H3,(H2,30,34)(H,31,35)(H,32,37). The van der Waals surface area contributed by atoms with Crippen LogP contribution in [0.4, 0.5) is 4.79 Å². The van der Waals surface area contributed by atoms with Gasteiger partial charge in [0, 0.05) is 12.6 Å². The molecule has 1 fully saturated rings. The molecule has 4 N–H and O–H groups in total. The predicted molar refractivity (Wildman–Crippen MR) is 144 cm³/mol. The van der Waals surface area contributed by atoms with Crippen molar-refractivity contribution in [2.24, 2.45) is 5.73 Å². The molecule has 0 radical (unpaired) electrons. The Hall–Kier alpha value is -4.14. The molecule has 202 valence electrons. The van der Waals surface area contributed by atoms with E-state index in [1.54, 1.807) is 45.0 Å². The summed E-state index contributed by atoms with van der Waals surface area (Å²) in [5.41, 5.74) is 6.89. The zero-order valence-corrected chi connectivity index (χ0v) is 22.1. The van der Waals surface area contributed by atoms with E-state index in [2.05, 4.69) is 17.2 Å². The number of ether oxygens (including phenoxy) is 1. The van der Waals surface area contributed by atoms with Gasteiger partial charge >= 0.3 is 6.09 Å². The lowest BCUT2D eigenvalue weighted by Gasteiger charge is -2.34. The second kappa shape index (κ2) is 12.4. The number of benzene rings is 2. The second-order valence-electron chi connectivity index (χ2n) is 10.3. The maximum absolute atomic E-state index is 14.0. The number of nitrogens with one attached hydrogen (secondary N) is 2. The molecule has 2 aromatic rings. The van der Waals surface area contributed by atoms with E-state index in [0.717, 1.165) is 11.1 Å². The summed E-state index contributed by atoms with van der Waals surface area (Å²) in [4.78, 5) is 53.5. The number of nitrogens with two attached hydrogens (primary N) is 1. The molecular formula is C29H36N4O5. The number of primary amides is 1. The molecule has 2 unspecified atom stereocenters. The molecule has 4 amide bonds. The lowest BCUT2D eigenvalue weighted by molar-refractivity contribution is -0.144. The maximum Gasteiger partial charge on any atom is 0.408 e. The van der Waals surface area contributed by atoms with Crippen molar-refractivity contribution < 1.29 is 23.9 Å². The highest BCUT2D eigenvalue weighted by Gasteiger charge is 2.44. The van der Waals surface area contributed by atoms with Crippen molar-refractivity contribution in [2.75, 3.05) is 0 Å². The molecule has 0 bridgehead atoms. The van der Waals surface area contributed by atoms with Crippen LogP contribution in [0.1, 0.15) is 62.8 Å². The molecule has 0 saturated heterocycles. The van der Waals surface area contributed by atoms with Gasteiger partial charge in [0.2, 0.25) is 17.7 Å². The fourth-order valence-corrected chi connectivity index (χ4v) is 4.08. The Balaban J connectivity index is 1.96. The van der Waals surface area contributed by atoms with Crippen LogP contribution in [0, 0.1) is 0 Å². The average molecular weight is 521 g/mol. The Bertz CT molecular complexity index is 1170. The van der Waals surface area contributed by atoms with E-state index in [4.69, 9.17) is 10.5 Å². The summed E-state index contributed by atoms with van der Waals surface area (Å²) in [5.74, 6) is -1.74. The quantitative estimate of drug-likeness (QED) is 0.418. The molecular weight excluding hydrogens is 484 g/mol. The van der Waals surface area contributed by atoms with Gasteiger partial charge < -0.3 is 26.0 Å². The molecule has 38 heavy (non-hydrogen) atoms. The van der Waals surface area contributed by atoms with Crippen LogP contribution >= 0.6 is 0 Å². The van der Waals surface area contributed by atoms with E-state index in [1.165, 1.54) is 4.90 Å². The van der Waals surface area contributed by atoms with Gasteiger partial charge in [0.1, 0.15) is 17.7 Å². The molecule has 2 atom stereocenters. The number of alkyl carbamates (subject to hydrolysis) is 1. The lowest BCUT2D eigenvalue weighted by atomic mass is 9.99. The Morgan fingerprint density at radius 3 is 2.37 bits per heavy atom. The summed E-state index contributed by atoms with van der Waals surface area (Å²) in [7, 11) is 0. The van der Waals surface area contributed by atoms with Crippen molar-refractivity contribution in [1.82, 2.24) is 15.5 Å². The minimum Gasteiger partial charge on any atom is -0.444 e. The molecule has 2 aromatic carbocycles. The van der Waals surface area contributed by atoms with Gasteiger partial charge in [0.05, 0.1) is 6.42 Å². The predicted octanol–water partition coefficient (Wildman–Crippen LogP) is 3.45. The summed E-state index contributed by atoms with van der Waals surface area (Å²) in [6.07, 6.45) is 1.74. The van der Waals surface area contributed by atoms with Crippen LogP contribution in [-0.2, 0) is 25.7 Å². The fourth-order valence-electron chi connectivity index (χ4n) is 4.08. The molecule has 0 aliphatic heterocycles. The molecule has 0 spiro atoms. The van der Waals surface area contributed by atoms with Crippen molar-refractivity contribution in [1.29, 1.82) is 0 Å². The first-order valence-electron chi connectivity index (χ1n) is 12.6. The zero-order chi connectivity index (χ0) is 27.9. The smallest absolute Gasteiger partial charge is 0.408 e. The van der Waals surface area contributed by atoms with Crippen molar-refractivity contribution in [3.8, 4) is 0 Å². The van der Waals surface area contributed by atoms with Gasteiger partial charge in [-0.15, -0.1) is 0 Å². The summed E-state index contributed by atoms with van der Waals surface area (Å²) in [6, 6.07) is 14.1. The summed E-state index contributed by atoms with van der Waals surface area (Å²) >= 11 is 0. The van der Waals surface area contributed by atoms with E-state index in [9.17, 15) is 19.2 Å². The Morgan fingerprint density at radius 2 is 1.79 bits per heavy atom. The van der Waals surface area contributed by atoms with Crippen LogP contribution in [0.15, 0.2) is 61.2 Å². The van der Waals surface area contributed by atoms with Gasteiger partial charge in [-0.2, -0.15) is 0 Å². The fraction of sp³-hybridized carbons (Fsp3) is 0.379. The molecule has 0 aromatic heterocycles. The van der Waals surface area contributed by atoms with Crippen LogP contribution < -0.4 is 16.4 Å². The summed E-state index contributed by atoms with van der Waals surface area (Å²) in [6.45, 7) is 9.14. The first kappa shape index (κ1) is 28.4. The molecule has 1 saturated carbocycles. The maximum atomic E-state index is 14.0. The normalized spacial score (nSPS) is 14.5. The van der Waals surface area contributed by atoms with Crippen LogP contribution in [0.25, 0.3) is 6.08 Å². The highest BCUT2D eigenvalue weighted by molar-refractivity contribution is 5.95. The van der Waals surface area contributed by atoms with Crippen LogP contribution in [0.3, 0.4) is 0 Å². The third kappa shape index (κ3) is 8.19. The van der Waals surface area contributed by atoms with Gasteiger partial charge in [-0.3, -0.25) is 14.4 Å². The van der Waals surface area contributed by atoms with Crippen LogP contribution in [0.5, 0.6) is 0 Å². The molecule has 1 aliphatic rings. The van der Waals surface area contributed by atoms with Gasteiger partial charge in [0.25, 0.3) is 0 Å². The van der Waals surface area contributed by atoms with E-state index in [0.29, 0.717) is 18.4 Å². The Labute approximate surface area is 223 Å². The van der Waals surface area contributed by atoms with Gasteiger partial charge in [-0.1, -0.05) is 61.2 Å². The number of carbonyl (C=O) groups is 4. The summed E-state index contributed by atoms with van der Waals surface area (Å²) < 4.78 is 5.30. The number of hydrogen-bond acceptors (Lipinski definition) is 5. The second-order valence-corrected chi connectivity index (χ2v) is 10.3. The monoisotopic (exact) mass is 520 g/mol. The van der Waals surface area contributed by atoms with Crippen molar-refractivity contribution in [3.05, 3.63) is 77.9 Å². The van der Waals surface area contributed by atoms with E-state index >= 15 is 0 Å².